The van der Waals surface area contributed by atoms with Crippen LogP contribution in [0.2, 0.25) is 0 Å². The first-order valence-corrected chi connectivity index (χ1v) is 5.87. The Bertz CT molecular complexity index is 176. The predicted octanol–water partition coefficient (Wildman–Crippen LogP) is 4.97. The lowest BCUT2D eigenvalue weighted by atomic mass is 9.94. The minimum Gasteiger partial charge on any atom is -0.103 e. The molecule has 0 aliphatic heterocycles. The van der Waals surface area contributed by atoms with Gasteiger partial charge in [-0.15, -0.1) is 6.58 Å². The van der Waals surface area contributed by atoms with Crippen molar-refractivity contribution in [3.05, 3.63) is 24.3 Å². The van der Waals surface area contributed by atoms with Crippen molar-refractivity contribution >= 4 is 0 Å². The van der Waals surface area contributed by atoms with Crippen molar-refractivity contribution in [2.24, 2.45) is 11.8 Å². The molecule has 14 heavy (non-hydrogen) atoms. The van der Waals surface area contributed by atoms with Crippen molar-refractivity contribution in [3.63, 3.8) is 0 Å². The first-order chi connectivity index (χ1) is 6.61. The maximum absolute atomic E-state index is 3.81. The number of unbranched alkanes of at least 4 members (excludes halogenated alkanes) is 1. The van der Waals surface area contributed by atoms with E-state index in [0.717, 1.165) is 5.92 Å². The number of rotatable bonds is 7. The van der Waals surface area contributed by atoms with E-state index in [2.05, 4.69) is 46.4 Å². The summed E-state index contributed by atoms with van der Waals surface area (Å²) in [5.74, 6) is 1.45. The molecule has 0 aromatic rings. The van der Waals surface area contributed by atoms with Gasteiger partial charge >= 0.3 is 0 Å². The van der Waals surface area contributed by atoms with E-state index in [0.29, 0.717) is 5.92 Å². The van der Waals surface area contributed by atoms with Crippen LogP contribution in [-0.4, -0.2) is 0 Å². The van der Waals surface area contributed by atoms with Crippen molar-refractivity contribution in [3.8, 4) is 0 Å². The zero-order chi connectivity index (χ0) is 11.0. The fourth-order valence-electron chi connectivity index (χ4n) is 1.55. The fourth-order valence-corrected chi connectivity index (χ4v) is 1.55. The van der Waals surface area contributed by atoms with Crippen LogP contribution < -0.4 is 0 Å². The van der Waals surface area contributed by atoms with Gasteiger partial charge in [0.1, 0.15) is 0 Å². The van der Waals surface area contributed by atoms with Crippen molar-refractivity contribution in [1.29, 1.82) is 0 Å². The van der Waals surface area contributed by atoms with Gasteiger partial charge in [0, 0.05) is 0 Å². The molecule has 0 saturated carbocycles. The third-order valence-electron chi connectivity index (χ3n) is 3.18. The van der Waals surface area contributed by atoms with Crippen LogP contribution in [0, 0.1) is 11.8 Å². The average Bonchev–Trinajstić information content (AvgIpc) is 2.22. The molecule has 2 atom stereocenters. The smallest absolute Gasteiger partial charge is 0.0235 e. The molecule has 0 aliphatic rings. The third-order valence-corrected chi connectivity index (χ3v) is 3.18. The molecule has 0 fully saturated rings. The van der Waals surface area contributed by atoms with Crippen molar-refractivity contribution in [1.82, 2.24) is 0 Å². The molecule has 0 aliphatic carbocycles. The van der Waals surface area contributed by atoms with E-state index < -0.39 is 0 Å². The highest BCUT2D eigenvalue weighted by Gasteiger charge is 2.03. The van der Waals surface area contributed by atoms with Crippen LogP contribution in [0.4, 0.5) is 0 Å². The van der Waals surface area contributed by atoms with Gasteiger partial charge in [0.2, 0.25) is 0 Å². The number of hydrogen-bond donors (Lipinski definition) is 0. The van der Waals surface area contributed by atoms with E-state index >= 15 is 0 Å². The first kappa shape index (κ1) is 13.5. The first-order valence-electron chi connectivity index (χ1n) is 5.87. The highest BCUT2D eigenvalue weighted by Crippen LogP contribution is 2.18. The van der Waals surface area contributed by atoms with Gasteiger partial charge in [0.05, 0.1) is 0 Å². The van der Waals surface area contributed by atoms with Crippen LogP contribution in [0.3, 0.4) is 0 Å². The van der Waals surface area contributed by atoms with Crippen molar-refractivity contribution < 1.29 is 0 Å². The summed E-state index contributed by atoms with van der Waals surface area (Å²) in [5.41, 5.74) is 1.53. The summed E-state index contributed by atoms with van der Waals surface area (Å²) in [4.78, 5) is 0. The zero-order valence-corrected chi connectivity index (χ0v) is 10.3. The van der Waals surface area contributed by atoms with Gasteiger partial charge in [-0.2, -0.15) is 0 Å². The average molecular weight is 194 g/mol. The second-order valence-electron chi connectivity index (χ2n) is 4.43. The van der Waals surface area contributed by atoms with Crippen molar-refractivity contribution in [2.75, 3.05) is 0 Å². The van der Waals surface area contributed by atoms with Crippen LogP contribution >= 0.6 is 0 Å². The van der Waals surface area contributed by atoms with E-state index in [-0.39, 0.29) is 0 Å². The van der Waals surface area contributed by atoms with Gasteiger partial charge < -0.3 is 0 Å². The Morgan fingerprint density at radius 3 is 2.29 bits per heavy atom. The molecule has 0 heteroatoms. The van der Waals surface area contributed by atoms with E-state index in [1.165, 1.54) is 31.3 Å². The summed E-state index contributed by atoms with van der Waals surface area (Å²) >= 11 is 0. The fraction of sp³-hybridized carbons (Fsp3) is 0.714. The predicted molar refractivity (Wildman–Crippen MR) is 66.4 cm³/mol. The summed E-state index contributed by atoms with van der Waals surface area (Å²) in [6, 6.07) is 0. The second-order valence-corrected chi connectivity index (χ2v) is 4.43. The van der Waals surface area contributed by atoms with E-state index in [1.54, 1.807) is 0 Å². The van der Waals surface area contributed by atoms with Gasteiger partial charge in [-0.05, 0) is 38.5 Å². The molecule has 82 valence electrons. The molecule has 0 spiro atoms. The lowest BCUT2D eigenvalue weighted by molar-refractivity contribution is 0.514. The van der Waals surface area contributed by atoms with Crippen LogP contribution in [0.25, 0.3) is 0 Å². The molecule has 0 saturated heterocycles. The minimum absolute atomic E-state index is 0.688. The molecule has 0 aromatic carbocycles. The maximum atomic E-state index is 3.81. The Kier molecular flexibility index (Phi) is 7.55. The Morgan fingerprint density at radius 2 is 1.79 bits per heavy atom. The highest BCUT2D eigenvalue weighted by molar-refractivity contribution is 4.99. The SMILES string of the molecule is C=CC(C)CCCCC(C)C(C)=CC. The maximum Gasteiger partial charge on any atom is -0.0235 e. The standard InChI is InChI=1S/C14H26/c1-6-12(3)10-8-9-11-14(5)13(4)7-2/h6-7,12,14H,1,8-11H2,2-5H3. The summed E-state index contributed by atoms with van der Waals surface area (Å²) in [6.07, 6.45) is 9.61. The molecule has 0 aromatic heterocycles. The quantitative estimate of drug-likeness (QED) is 0.396. The monoisotopic (exact) mass is 194 g/mol. The molecular formula is C14H26. The van der Waals surface area contributed by atoms with Gasteiger partial charge in [0.25, 0.3) is 0 Å². The normalized spacial score (nSPS) is 16.4. The second kappa shape index (κ2) is 7.84. The van der Waals surface area contributed by atoms with Gasteiger partial charge in [-0.25, -0.2) is 0 Å². The number of hydrogen-bond acceptors (Lipinski definition) is 0. The van der Waals surface area contributed by atoms with Gasteiger partial charge in [-0.3, -0.25) is 0 Å². The summed E-state index contributed by atoms with van der Waals surface area (Å²) in [6.45, 7) is 12.7. The molecule has 0 heterocycles. The molecular weight excluding hydrogens is 168 g/mol. The lowest BCUT2D eigenvalue weighted by Crippen LogP contribution is -1.97. The molecule has 2 unspecified atom stereocenters. The summed E-state index contributed by atoms with van der Waals surface area (Å²) in [5, 5.41) is 0. The summed E-state index contributed by atoms with van der Waals surface area (Å²) < 4.78 is 0. The Morgan fingerprint density at radius 1 is 1.21 bits per heavy atom. The Hall–Kier alpha value is -0.520. The van der Waals surface area contributed by atoms with Crippen LogP contribution in [-0.2, 0) is 0 Å². The Balaban J connectivity index is 3.50. The molecule has 0 rings (SSSR count). The minimum atomic E-state index is 0.688. The van der Waals surface area contributed by atoms with E-state index in [9.17, 15) is 0 Å². The molecule has 0 bridgehead atoms. The van der Waals surface area contributed by atoms with Gasteiger partial charge in [0.15, 0.2) is 0 Å². The summed E-state index contributed by atoms with van der Waals surface area (Å²) in [7, 11) is 0. The van der Waals surface area contributed by atoms with Gasteiger partial charge in [-0.1, -0.05) is 44.4 Å². The molecule has 0 amide bonds. The number of allylic oxidation sites excluding steroid dienone is 3. The zero-order valence-electron chi connectivity index (χ0n) is 10.3. The van der Waals surface area contributed by atoms with Crippen LogP contribution in [0.15, 0.2) is 24.3 Å². The topological polar surface area (TPSA) is 0 Å². The molecule has 0 N–H and O–H groups in total. The van der Waals surface area contributed by atoms with Crippen LogP contribution in [0.1, 0.15) is 53.4 Å². The molecule has 0 radical (unpaired) electrons. The third kappa shape index (κ3) is 6.01. The van der Waals surface area contributed by atoms with Crippen LogP contribution in [0.5, 0.6) is 0 Å². The largest absolute Gasteiger partial charge is 0.103 e. The van der Waals surface area contributed by atoms with Crippen molar-refractivity contribution in [2.45, 2.75) is 53.4 Å². The van der Waals surface area contributed by atoms with E-state index in [4.69, 9.17) is 0 Å². The lowest BCUT2D eigenvalue weighted by Gasteiger charge is -2.12. The highest BCUT2D eigenvalue weighted by atomic mass is 14.1. The van der Waals surface area contributed by atoms with E-state index in [1.807, 2.05) is 0 Å². The Labute approximate surface area is 90.1 Å². The molecule has 0 nitrogen and oxygen atoms in total.